The Morgan fingerprint density at radius 3 is 2.50 bits per heavy atom. The molecule has 0 spiro atoms. The number of rotatable bonds is 2. The first-order chi connectivity index (χ1) is 9.17. The van der Waals surface area contributed by atoms with Crippen LogP contribution < -0.4 is 5.32 Å². The van der Waals surface area contributed by atoms with E-state index < -0.39 is 33.7 Å². The molecule has 9 heteroatoms. The van der Waals surface area contributed by atoms with Crippen LogP contribution in [0.5, 0.6) is 0 Å². The fourth-order valence-corrected chi connectivity index (χ4v) is 3.55. The highest BCUT2D eigenvalue weighted by molar-refractivity contribution is 7.91. The molecule has 0 saturated carbocycles. The first kappa shape index (κ1) is 14.8. The minimum absolute atomic E-state index is 0.00318. The van der Waals surface area contributed by atoms with Crippen molar-refractivity contribution in [3.63, 3.8) is 0 Å². The van der Waals surface area contributed by atoms with Gasteiger partial charge in [-0.05, 0) is 18.6 Å². The Morgan fingerprint density at radius 2 is 2.05 bits per heavy atom. The monoisotopic (exact) mass is 308 g/mol. The Morgan fingerprint density at radius 1 is 1.35 bits per heavy atom. The first-order valence-corrected chi connectivity index (χ1v) is 7.54. The van der Waals surface area contributed by atoms with Crippen molar-refractivity contribution in [1.29, 1.82) is 0 Å². The van der Waals surface area contributed by atoms with Gasteiger partial charge in [0.1, 0.15) is 5.69 Å². The fourth-order valence-electron chi connectivity index (χ4n) is 1.87. The van der Waals surface area contributed by atoms with Gasteiger partial charge in [-0.15, -0.1) is 0 Å². The Balaban J connectivity index is 2.03. The Labute approximate surface area is 113 Å². The summed E-state index contributed by atoms with van der Waals surface area (Å²) >= 11 is 0. The summed E-state index contributed by atoms with van der Waals surface area (Å²) in [5.41, 5.74) is -1.13. The lowest BCUT2D eigenvalue weighted by Crippen LogP contribution is -2.35. The molecular formula is C11H11F3N2O3S. The molecule has 1 amide bonds. The summed E-state index contributed by atoms with van der Waals surface area (Å²) in [4.78, 5) is 14.9. The molecule has 110 valence electrons. The molecule has 5 nitrogen and oxygen atoms in total. The van der Waals surface area contributed by atoms with Crippen molar-refractivity contribution in [2.24, 2.45) is 0 Å². The van der Waals surface area contributed by atoms with Crippen molar-refractivity contribution in [3.8, 4) is 0 Å². The summed E-state index contributed by atoms with van der Waals surface area (Å²) in [6, 6.07) is 1.21. The quantitative estimate of drug-likeness (QED) is 0.885. The molecule has 0 aromatic carbocycles. The summed E-state index contributed by atoms with van der Waals surface area (Å²) in [6.45, 7) is 0. The molecule has 2 rings (SSSR count). The number of alkyl halides is 3. The molecule has 0 unspecified atom stereocenters. The van der Waals surface area contributed by atoms with Gasteiger partial charge in [0.2, 0.25) is 0 Å². The number of pyridine rings is 1. The Hall–Kier alpha value is -1.64. The minimum Gasteiger partial charge on any atom is -0.348 e. The van der Waals surface area contributed by atoms with E-state index in [1.54, 1.807) is 0 Å². The lowest BCUT2D eigenvalue weighted by Gasteiger charge is -2.11. The predicted molar refractivity (Wildman–Crippen MR) is 63.8 cm³/mol. The van der Waals surface area contributed by atoms with E-state index in [9.17, 15) is 26.4 Å². The fraction of sp³-hybridized carbons (Fsp3) is 0.455. The standard InChI is InChI=1S/C11H11F3N2O3S/c12-11(13,14)9-2-1-7(5-15-9)10(17)16-8-3-4-20(18,19)6-8/h1-2,5,8H,3-4,6H2,(H,16,17)/t8-/m1/s1. The molecule has 1 N–H and O–H groups in total. The second-order valence-electron chi connectivity index (χ2n) is 4.50. The van der Waals surface area contributed by atoms with Gasteiger partial charge in [0, 0.05) is 12.2 Å². The van der Waals surface area contributed by atoms with Crippen LogP contribution in [-0.4, -0.2) is 36.9 Å². The molecule has 0 aliphatic carbocycles. The summed E-state index contributed by atoms with van der Waals surface area (Å²) in [6.07, 6.45) is -3.43. The van der Waals surface area contributed by atoms with Crippen LogP contribution in [0.25, 0.3) is 0 Å². The molecule has 1 aromatic rings. The average molecular weight is 308 g/mol. The highest BCUT2D eigenvalue weighted by Crippen LogP contribution is 2.27. The van der Waals surface area contributed by atoms with Crippen molar-refractivity contribution in [1.82, 2.24) is 10.3 Å². The molecule has 1 fully saturated rings. The van der Waals surface area contributed by atoms with Gasteiger partial charge in [0.15, 0.2) is 9.84 Å². The van der Waals surface area contributed by atoms with Crippen LogP contribution in [-0.2, 0) is 16.0 Å². The Bertz CT molecular complexity index is 611. The topological polar surface area (TPSA) is 76.1 Å². The molecule has 1 aliphatic rings. The van der Waals surface area contributed by atoms with Gasteiger partial charge >= 0.3 is 6.18 Å². The normalized spacial score (nSPS) is 21.6. The number of nitrogens with one attached hydrogen (secondary N) is 1. The number of carbonyl (C=O) groups excluding carboxylic acids is 1. The van der Waals surface area contributed by atoms with Gasteiger partial charge in [-0.25, -0.2) is 8.42 Å². The molecule has 0 bridgehead atoms. The van der Waals surface area contributed by atoms with Crippen molar-refractivity contribution >= 4 is 15.7 Å². The number of amides is 1. The summed E-state index contributed by atoms with van der Waals surface area (Å²) < 4.78 is 59.4. The van der Waals surface area contributed by atoms with Gasteiger partial charge in [-0.1, -0.05) is 0 Å². The van der Waals surface area contributed by atoms with E-state index in [1.807, 2.05) is 0 Å². The summed E-state index contributed by atoms with van der Waals surface area (Å²) in [5, 5.41) is 2.47. The Kier molecular flexibility index (Phi) is 3.72. The van der Waals surface area contributed by atoms with Crippen LogP contribution in [0.4, 0.5) is 13.2 Å². The van der Waals surface area contributed by atoms with Gasteiger partial charge < -0.3 is 5.32 Å². The predicted octanol–water partition coefficient (Wildman–Crippen LogP) is 1.02. The third-order valence-electron chi connectivity index (χ3n) is 2.88. The number of carbonyl (C=O) groups is 1. The van der Waals surface area contributed by atoms with Crippen LogP contribution in [0.15, 0.2) is 18.3 Å². The first-order valence-electron chi connectivity index (χ1n) is 5.72. The zero-order valence-electron chi connectivity index (χ0n) is 10.1. The van der Waals surface area contributed by atoms with Crippen molar-refractivity contribution in [2.45, 2.75) is 18.6 Å². The van der Waals surface area contributed by atoms with Crippen LogP contribution >= 0.6 is 0 Å². The van der Waals surface area contributed by atoms with E-state index >= 15 is 0 Å². The van der Waals surface area contributed by atoms with Gasteiger partial charge in [0.25, 0.3) is 5.91 Å². The SMILES string of the molecule is O=C(N[C@@H]1CCS(=O)(=O)C1)c1ccc(C(F)(F)F)nc1. The lowest BCUT2D eigenvalue weighted by molar-refractivity contribution is -0.141. The molecule has 0 radical (unpaired) electrons. The summed E-state index contributed by atoms with van der Waals surface area (Å²) in [5.74, 6) is -0.774. The van der Waals surface area contributed by atoms with Crippen molar-refractivity contribution in [2.75, 3.05) is 11.5 Å². The molecule has 1 saturated heterocycles. The third-order valence-corrected chi connectivity index (χ3v) is 4.65. The van der Waals surface area contributed by atoms with E-state index in [1.165, 1.54) is 0 Å². The van der Waals surface area contributed by atoms with Crippen LogP contribution in [0, 0.1) is 0 Å². The molecule has 1 aliphatic heterocycles. The maximum Gasteiger partial charge on any atom is 0.433 e. The zero-order chi connectivity index (χ0) is 15.0. The molecule has 20 heavy (non-hydrogen) atoms. The zero-order valence-corrected chi connectivity index (χ0v) is 11.0. The number of hydrogen-bond acceptors (Lipinski definition) is 4. The molecule has 1 atom stereocenters. The van der Waals surface area contributed by atoms with E-state index in [2.05, 4.69) is 10.3 Å². The van der Waals surface area contributed by atoms with E-state index in [4.69, 9.17) is 0 Å². The summed E-state index contributed by atoms with van der Waals surface area (Å²) in [7, 11) is -3.13. The number of hydrogen-bond donors (Lipinski definition) is 1. The van der Waals surface area contributed by atoms with Crippen molar-refractivity contribution in [3.05, 3.63) is 29.6 Å². The van der Waals surface area contributed by atoms with Gasteiger partial charge in [0.05, 0.1) is 17.1 Å². The second kappa shape index (κ2) is 5.04. The number of halogens is 3. The molecular weight excluding hydrogens is 297 g/mol. The highest BCUT2D eigenvalue weighted by Gasteiger charge is 2.33. The molecule has 2 heterocycles. The maximum absolute atomic E-state index is 12.3. The van der Waals surface area contributed by atoms with Gasteiger partial charge in [-0.3, -0.25) is 9.78 Å². The van der Waals surface area contributed by atoms with E-state index in [0.29, 0.717) is 12.5 Å². The maximum atomic E-state index is 12.3. The largest absolute Gasteiger partial charge is 0.433 e. The third kappa shape index (κ3) is 3.47. The van der Waals surface area contributed by atoms with Crippen LogP contribution in [0.3, 0.4) is 0 Å². The molecule has 1 aromatic heterocycles. The number of aromatic nitrogens is 1. The van der Waals surface area contributed by atoms with E-state index in [-0.39, 0.29) is 17.1 Å². The number of sulfone groups is 1. The average Bonchev–Trinajstić information content (AvgIpc) is 2.67. The van der Waals surface area contributed by atoms with Crippen LogP contribution in [0.1, 0.15) is 22.5 Å². The lowest BCUT2D eigenvalue weighted by atomic mass is 10.2. The van der Waals surface area contributed by atoms with E-state index in [0.717, 1.165) is 12.3 Å². The van der Waals surface area contributed by atoms with Crippen molar-refractivity contribution < 1.29 is 26.4 Å². The second-order valence-corrected chi connectivity index (χ2v) is 6.73. The van der Waals surface area contributed by atoms with Gasteiger partial charge in [-0.2, -0.15) is 13.2 Å². The highest BCUT2D eigenvalue weighted by atomic mass is 32.2. The number of nitrogens with zero attached hydrogens (tertiary/aromatic N) is 1. The smallest absolute Gasteiger partial charge is 0.348 e. The minimum atomic E-state index is -4.56. The van der Waals surface area contributed by atoms with Crippen LogP contribution in [0.2, 0.25) is 0 Å².